The summed E-state index contributed by atoms with van der Waals surface area (Å²) in [6.45, 7) is 0.695. The van der Waals surface area contributed by atoms with Gasteiger partial charge in [-0.15, -0.1) is 11.3 Å². The van der Waals surface area contributed by atoms with Crippen LogP contribution in [0.15, 0.2) is 15.9 Å². The molecule has 13 heavy (non-hydrogen) atoms. The van der Waals surface area contributed by atoms with Crippen molar-refractivity contribution in [2.24, 2.45) is 5.73 Å². The van der Waals surface area contributed by atoms with Crippen molar-refractivity contribution in [2.45, 2.75) is 6.04 Å². The van der Waals surface area contributed by atoms with Crippen LogP contribution in [0.1, 0.15) is 0 Å². The number of thiophene rings is 1. The van der Waals surface area contributed by atoms with E-state index in [0.29, 0.717) is 6.54 Å². The van der Waals surface area contributed by atoms with Gasteiger partial charge in [-0.3, -0.25) is 0 Å². The molecule has 0 fully saturated rings. The third-order valence-corrected chi connectivity index (χ3v) is 3.42. The molecular formula is C8H13BrN2OS. The highest BCUT2D eigenvalue weighted by Crippen LogP contribution is 2.28. The number of nitrogens with zero attached hydrogens (tertiary/aromatic N) is 1. The van der Waals surface area contributed by atoms with Crippen LogP contribution in [-0.4, -0.2) is 31.3 Å². The van der Waals surface area contributed by atoms with E-state index in [1.165, 1.54) is 0 Å². The Labute approximate surface area is 90.3 Å². The Bertz CT molecular complexity index is 266. The number of anilines is 1. The van der Waals surface area contributed by atoms with E-state index in [-0.39, 0.29) is 12.6 Å². The fourth-order valence-corrected chi connectivity index (χ4v) is 2.34. The standard InChI is InChI=1S/C8H13BrN2OS/c1-11(4-6(10)5-12)8-3-2-7(9)13-8/h2-3,6,12H,4-5,10H2,1H3. The number of aliphatic hydroxyl groups excluding tert-OH is 1. The molecule has 0 bridgehead atoms. The summed E-state index contributed by atoms with van der Waals surface area (Å²) in [6, 6.07) is 3.85. The van der Waals surface area contributed by atoms with Gasteiger partial charge >= 0.3 is 0 Å². The van der Waals surface area contributed by atoms with Gasteiger partial charge in [0.15, 0.2) is 0 Å². The van der Waals surface area contributed by atoms with Crippen molar-refractivity contribution in [3.05, 3.63) is 15.9 Å². The van der Waals surface area contributed by atoms with Crippen molar-refractivity contribution in [3.63, 3.8) is 0 Å². The van der Waals surface area contributed by atoms with E-state index >= 15 is 0 Å². The maximum absolute atomic E-state index is 8.78. The van der Waals surface area contributed by atoms with Crippen LogP contribution in [0, 0.1) is 0 Å². The zero-order valence-electron chi connectivity index (χ0n) is 7.40. The number of aliphatic hydroxyl groups is 1. The second kappa shape index (κ2) is 4.95. The number of hydrogen-bond donors (Lipinski definition) is 2. The van der Waals surface area contributed by atoms with Crippen molar-refractivity contribution in [1.82, 2.24) is 0 Å². The Morgan fingerprint density at radius 3 is 2.85 bits per heavy atom. The first-order valence-electron chi connectivity index (χ1n) is 3.96. The summed E-state index contributed by atoms with van der Waals surface area (Å²) in [5.74, 6) is 0. The number of nitrogens with two attached hydrogens (primary N) is 1. The van der Waals surface area contributed by atoms with E-state index in [2.05, 4.69) is 15.9 Å². The molecule has 1 aromatic heterocycles. The molecule has 1 aromatic rings. The normalized spacial score (nSPS) is 12.9. The minimum Gasteiger partial charge on any atom is -0.395 e. The quantitative estimate of drug-likeness (QED) is 0.861. The first-order chi connectivity index (χ1) is 6.13. The molecule has 3 N–H and O–H groups in total. The van der Waals surface area contributed by atoms with Gasteiger partial charge in [0.1, 0.15) is 0 Å². The van der Waals surface area contributed by atoms with Crippen LogP contribution in [0.2, 0.25) is 0 Å². The zero-order chi connectivity index (χ0) is 9.84. The molecular weight excluding hydrogens is 252 g/mol. The van der Waals surface area contributed by atoms with Crippen LogP contribution in [0.3, 0.4) is 0 Å². The van der Waals surface area contributed by atoms with E-state index < -0.39 is 0 Å². The summed E-state index contributed by atoms with van der Waals surface area (Å²) < 4.78 is 1.10. The van der Waals surface area contributed by atoms with E-state index in [9.17, 15) is 0 Å². The molecule has 0 aliphatic heterocycles. The van der Waals surface area contributed by atoms with Gasteiger partial charge in [-0.05, 0) is 28.1 Å². The molecule has 1 rings (SSSR count). The monoisotopic (exact) mass is 264 g/mol. The molecule has 1 atom stereocenters. The molecule has 1 unspecified atom stereocenters. The Balaban J connectivity index is 2.53. The van der Waals surface area contributed by atoms with Gasteiger partial charge in [0.25, 0.3) is 0 Å². The molecule has 0 radical (unpaired) electrons. The minimum absolute atomic E-state index is 0.0247. The number of halogens is 1. The molecule has 1 heterocycles. The highest BCUT2D eigenvalue weighted by Gasteiger charge is 2.07. The highest BCUT2D eigenvalue weighted by atomic mass is 79.9. The number of hydrogen-bond acceptors (Lipinski definition) is 4. The second-order valence-corrected chi connectivity index (χ2v) is 5.34. The maximum atomic E-state index is 8.78. The van der Waals surface area contributed by atoms with Crippen LogP contribution < -0.4 is 10.6 Å². The second-order valence-electron chi connectivity index (χ2n) is 2.90. The average Bonchev–Trinajstić information content (AvgIpc) is 2.51. The molecule has 0 aromatic carbocycles. The topological polar surface area (TPSA) is 49.5 Å². The molecule has 0 saturated carbocycles. The Morgan fingerprint density at radius 2 is 2.38 bits per heavy atom. The van der Waals surface area contributed by atoms with Crippen LogP contribution in [0.25, 0.3) is 0 Å². The predicted octanol–water partition coefficient (Wildman–Crippen LogP) is 1.27. The van der Waals surface area contributed by atoms with Gasteiger partial charge in [-0.1, -0.05) is 0 Å². The SMILES string of the molecule is CN(CC(N)CO)c1ccc(Br)s1. The summed E-state index contributed by atoms with van der Waals surface area (Å²) >= 11 is 5.05. The van der Waals surface area contributed by atoms with E-state index in [1.807, 2.05) is 24.1 Å². The first-order valence-corrected chi connectivity index (χ1v) is 5.57. The van der Waals surface area contributed by atoms with E-state index in [0.717, 1.165) is 8.79 Å². The molecule has 0 amide bonds. The molecule has 0 aliphatic rings. The zero-order valence-corrected chi connectivity index (χ0v) is 9.81. The van der Waals surface area contributed by atoms with Crippen LogP contribution in [0.5, 0.6) is 0 Å². The third-order valence-electron chi connectivity index (χ3n) is 1.68. The first kappa shape index (κ1) is 11.0. The molecule has 0 spiro atoms. The van der Waals surface area contributed by atoms with Gasteiger partial charge in [0.05, 0.1) is 15.4 Å². The fourth-order valence-electron chi connectivity index (χ4n) is 1.01. The van der Waals surface area contributed by atoms with Crippen LogP contribution >= 0.6 is 27.3 Å². The molecule has 3 nitrogen and oxygen atoms in total. The summed E-state index contributed by atoms with van der Waals surface area (Å²) in [7, 11) is 1.97. The molecule has 0 saturated heterocycles. The smallest absolute Gasteiger partial charge is 0.0918 e. The number of likely N-dealkylation sites (N-methyl/N-ethyl adjacent to an activating group) is 1. The minimum atomic E-state index is -0.175. The molecule has 74 valence electrons. The van der Waals surface area contributed by atoms with Gasteiger partial charge in [0.2, 0.25) is 0 Å². The lowest BCUT2D eigenvalue weighted by Crippen LogP contribution is -2.37. The summed E-state index contributed by atoms with van der Waals surface area (Å²) in [5.41, 5.74) is 5.62. The van der Waals surface area contributed by atoms with Crippen molar-refractivity contribution < 1.29 is 5.11 Å². The largest absolute Gasteiger partial charge is 0.395 e. The lowest BCUT2D eigenvalue weighted by atomic mass is 10.3. The third kappa shape index (κ3) is 3.27. The van der Waals surface area contributed by atoms with Crippen molar-refractivity contribution in [1.29, 1.82) is 0 Å². The molecule has 5 heteroatoms. The Kier molecular flexibility index (Phi) is 4.18. The van der Waals surface area contributed by atoms with Gasteiger partial charge in [0, 0.05) is 19.6 Å². The van der Waals surface area contributed by atoms with Crippen LogP contribution in [0.4, 0.5) is 5.00 Å². The maximum Gasteiger partial charge on any atom is 0.0918 e. The summed E-state index contributed by atoms with van der Waals surface area (Å²) in [6.07, 6.45) is 0. The summed E-state index contributed by atoms with van der Waals surface area (Å²) in [5, 5.41) is 9.93. The summed E-state index contributed by atoms with van der Waals surface area (Å²) in [4.78, 5) is 2.04. The highest BCUT2D eigenvalue weighted by molar-refractivity contribution is 9.11. The van der Waals surface area contributed by atoms with Crippen molar-refractivity contribution in [2.75, 3.05) is 25.1 Å². The van der Waals surface area contributed by atoms with Gasteiger partial charge < -0.3 is 15.7 Å². The van der Waals surface area contributed by atoms with E-state index in [1.54, 1.807) is 11.3 Å². The lowest BCUT2D eigenvalue weighted by Gasteiger charge is -2.20. The van der Waals surface area contributed by atoms with Crippen LogP contribution in [-0.2, 0) is 0 Å². The Hall–Kier alpha value is -0.100. The van der Waals surface area contributed by atoms with Crippen molar-refractivity contribution in [3.8, 4) is 0 Å². The number of rotatable bonds is 4. The average molecular weight is 265 g/mol. The lowest BCUT2D eigenvalue weighted by molar-refractivity contribution is 0.267. The van der Waals surface area contributed by atoms with E-state index in [4.69, 9.17) is 10.8 Å². The molecule has 0 aliphatic carbocycles. The predicted molar refractivity (Wildman–Crippen MR) is 60.4 cm³/mol. The van der Waals surface area contributed by atoms with Gasteiger partial charge in [-0.2, -0.15) is 0 Å². The van der Waals surface area contributed by atoms with Gasteiger partial charge in [-0.25, -0.2) is 0 Å². The Morgan fingerprint density at radius 1 is 1.69 bits per heavy atom. The fraction of sp³-hybridized carbons (Fsp3) is 0.500. The van der Waals surface area contributed by atoms with Crippen molar-refractivity contribution >= 4 is 32.3 Å².